The normalized spacial score (nSPS) is 15.1. The van der Waals surface area contributed by atoms with Crippen molar-refractivity contribution in [3.63, 3.8) is 0 Å². The predicted octanol–water partition coefficient (Wildman–Crippen LogP) is 3.03. The first kappa shape index (κ1) is 17.1. The maximum absolute atomic E-state index is 12.7. The third kappa shape index (κ3) is 3.57. The van der Waals surface area contributed by atoms with Crippen molar-refractivity contribution in [3.05, 3.63) is 23.8 Å². The Kier molecular flexibility index (Phi) is 4.27. The Bertz CT molecular complexity index is 638. The van der Waals surface area contributed by atoms with E-state index in [2.05, 4.69) is 0 Å². The van der Waals surface area contributed by atoms with Crippen LogP contribution in [0, 0.1) is 0 Å². The van der Waals surface area contributed by atoms with E-state index >= 15 is 0 Å². The highest BCUT2D eigenvalue weighted by atomic mass is 19.4. The summed E-state index contributed by atoms with van der Waals surface area (Å²) >= 11 is 0. The fourth-order valence-corrected chi connectivity index (χ4v) is 2.30. The third-order valence-electron chi connectivity index (χ3n) is 3.21. The average Bonchev–Trinajstić information content (AvgIpc) is 2.44. The highest BCUT2D eigenvalue weighted by Gasteiger charge is 2.45. The zero-order chi connectivity index (χ0) is 17.4. The number of para-hydroxylation sites is 1. The van der Waals surface area contributed by atoms with Crippen LogP contribution < -0.4 is 10.2 Å². The summed E-state index contributed by atoms with van der Waals surface area (Å²) in [5, 5.41) is 1.52. The number of amides is 2. The molecule has 1 aliphatic heterocycles. The number of hydrogen-bond acceptors (Lipinski definition) is 2. The summed E-state index contributed by atoms with van der Waals surface area (Å²) in [6, 6.07) is 3.71. The molecule has 126 valence electrons. The molecule has 0 unspecified atom stereocenters. The minimum Gasteiger partial charge on any atom is -0.316 e. The Hall–Kier alpha value is -2.26. The number of alkyl halides is 6. The molecule has 0 saturated carbocycles. The van der Waals surface area contributed by atoms with Crippen molar-refractivity contribution in [1.29, 1.82) is 0 Å². The Morgan fingerprint density at radius 3 is 2.26 bits per heavy atom. The summed E-state index contributed by atoms with van der Waals surface area (Å²) in [5.41, 5.74) is -0.574. The molecule has 0 fully saturated rings. The average molecular weight is 340 g/mol. The van der Waals surface area contributed by atoms with Gasteiger partial charge in [-0.25, -0.2) is 0 Å². The van der Waals surface area contributed by atoms with E-state index in [9.17, 15) is 35.9 Å². The maximum atomic E-state index is 12.7. The number of carbonyl (C=O) groups excluding carboxylic acids is 2. The van der Waals surface area contributed by atoms with E-state index in [-0.39, 0.29) is 30.6 Å². The molecule has 1 heterocycles. The fourth-order valence-electron chi connectivity index (χ4n) is 2.30. The van der Waals surface area contributed by atoms with Crippen LogP contribution in [0.3, 0.4) is 0 Å². The minimum atomic E-state index is -5.20. The number of hydrogen-bond donors (Lipinski definition) is 1. The van der Waals surface area contributed by atoms with E-state index in [1.807, 2.05) is 0 Å². The second-order valence-corrected chi connectivity index (χ2v) is 4.82. The van der Waals surface area contributed by atoms with E-state index < -0.39 is 29.9 Å². The van der Waals surface area contributed by atoms with Gasteiger partial charge in [0.2, 0.25) is 0 Å². The van der Waals surface area contributed by atoms with Crippen LogP contribution in [0.5, 0.6) is 0 Å². The van der Waals surface area contributed by atoms with Crippen molar-refractivity contribution in [2.75, 3.05) is 16.8 Å². The summed E-state index contributed by atoms with van der Waals surface area (Å²) in [5.74, 6) is -4.51. The van der Waals surface area contributed by atoms with Crippen LogP contribution in [-0.4, -0.2) is 30.7 Å². The van der Waals surface area contributed by atoms with Gasteiger partial charge in [0.05, 0.1) is 11.4 Å². The van der Waals surface area contributed by atoms with E-state index in [1.54, 1.807) is 0 Å². The zero-order valence-corrected chi connectivity index (χ0v) is 11.4. The summed E-state index contributed by atoms with van der Waals surface area (Å²) in [4.78, 5) is 22.9. The summed E-state index contributed by atoms with van der Waals surface area (Å²) in [6.45, 7) is -0.301. The first-order chi connectivity index (χ1) is 10.5. The Morgan fingerprint density at radius 1 is 1.04 bits per heavy atom. The number of halogens is 6. The minimum absolute atomic E-state index is 0.228. The van der Waals surface area contributed by atoms with Crippen molar-refractivity contribution in [2.45, 2.75) is 25.2 Å². The lowest BCUT2D eigenvalue weighted by atomic mass is 10.00. The van der Waals surface area contributed by atoms with Gasteiger partial charge in [0.15, 0.2) is 0 Å². The van der Waals surface area contributed by atoms with E-state index in [1.165, 1.54) is 17.4 Å². The van der Waals surface area contributed by atoms with Crippen molar-refractivity contribution >= 4 is 23.2 Å². The molecule has 10 heteroatoms. The number of anilines is 2. The first-order valence-corrected chi connectivity index (χ1v) is 6.40. The molecule has 0 radical (unpaired) electrons. The SMILES string of the molecule is O=C(Nc1cccc2c1N(C(=O)C(F)(F)F)CCC2)C(F)(F)F. The van der Waals surface area contributed by atoms with Gasteiger partial charge in [-0.2, -0.15) is 26.3 Å². The second kappa shape index (κ2) is 5.74. The summed E-state index contributed by atoms with van der Waals surface area (Å²) in [6.07, 6.45) is -9.86. The molecule has 0 saturated heterocycles. The van der Waals surface area contributed by atoms with Crippen LogP contribution in [0.1, 0.15) is 12.0 Å². The number of rotatable bonds is 1. The topological polar surface area (TPSA) is 49.4 Å². The maximum Gasteiger partial charge on any atom is 0.471 e. The summed E-state index contributed by atoms with van der Waals surface area (Å²) in [7, 11) is 0. The van der Waals surface area contributed by atoms with Gasteiger partial charge in [-0.3, -0.25) is 9.59 Å². The molecule has 2 rings (SSSR count). The van der Waals surface area contributed by atoms with E-state index in [0.717, 1.165) is 6.07 Å². The number of carbonyl (C=O) groups is 2. The summed E-state index contributed by atoms with van der Waals surface area (Å²) < 4.78 is 75.0. The van der Waals surface area contributed by atoms with Gasteiger partial charge < -0.3 is 10.2 Å². The first-order valence-electron chi connectivity index (χ1n) is 6.40. The molecule has 23 heavy (non-hydrogen) atoms. The molecule has 1 N–H and O–H groups in total. The Morgan fingerprint density at radius 2 is 1.70 bits per heavy atom. The highest BCUT2D eigenvalue weighted by molar-refractivity contribution is 6.05. The van der Waals surface area contributed by atoms with Gasteiger partial charge in [-0.15, -0.1) is 0 Å². The van der Waals surface area contributed by atoms with Crippen molar-refractivity contribution in [3.8, 4) is 0 Å². The number of aryl methyl sites for hydroxylation is 1. The lowest BCUT2D eigenvalue weighted by Crippen LogP contribution is -2.44. The van der Waals surface area contributed by atoms with Gasteiger partial charge in [0, 0.05) is 6.54 Å². The van der Waals surface area contributed by atoms with Crippen LogP contribution in [-0.2, 0) is 16.0 Å². The zero-order valence-electron chi connectivity index (χ0n) is 11.4. The molecular weight excluding hydrogens is 330 g/mol. The molecule has 2 amide bonds. The van der Waals surface area contributed by atoms with Crippen LogP contribution in [0.2, 0.25) is 0 Å². The quantitative estimate of drug-likeness (QED) is 0.799. The molecule has 0 aromatic heterocycles. The molecule has 0 aliphatic carbocycles. The third-order valence-corrected chi connectivity index (χ3v) is 3.21. The molecule has 0 atom stereocenters. The Labute approximate surface area is 126 Å². The van der Waals surface area contributed by atoms with Crippen molar-refractivity contribution in [1.82, 2.24) is 0 Å². The molecule has 4 nitrogen and oxygen atoms in total. The molecule has 0 bridgehead atoms. The number of nitrogens with zero attached hydrogens (tertiary/aromatic N) is 1. The van der Waals surface area contributed by atoms with Gasteiger partial charge in [0.25, 0.3) is 0 Å². The van der Waals surface area contributed by atoms with Crippen LogP contribution in [0.25, 0.3) is 0 Å². The lowest BCUT2D eigenvalue weighted by Gasteiger charge is -2.32. The lowest BCUT2D eigenvalue weighted by molar-refractivity contribution is -0.170. The number of benzene rings is 1. The van der Waals surface area contributed by atoms with E-state index in [0.29, 0.717) is 4.90 Å². The van der Waals surface area contributed by atoms with Gasteiger partial charge in [-0.05, 0) is 24.5 Å². The van der Waals surface area contributed by atoms with Crippen LogP contribution in [0.4, 0.5) is 37.7 Å². The van der Waals surface area contributed by atoms with Gasteiger partial charge in [0.1, 0.15) is 0 Å². The van der Waals surface area contributed by atoms with E-state index in [4.69, 9.17) is 0 Å². The van der Waals surface area contributed by atoms with Crippen LogP contribution >= 0.6 is 0 Å². The highest BCUT2D eigenvalue weighted by Crippen LogP contribution is 2.37. The van der Waals surface area contributed by atoms with Gasteiger partial charge >= 0.3 is 24.2 Å². The smallest absolute Gasteiger partial charge is 0.316 e. The van der Waals surface area contributed by atoms with Crippen LogP contribution in [0.15, 0.2) is 18.2 Å². The largest absolute Gasteiger partial charge is 0.471 e. The van der Waals surface area contributed by atoms with Crippen molar-refractivity contribution < 1.29 is 35.9 Å². The molecule has 1 aromatic rings. The number of fused-ring (bicyclic) bond motifs is 1. The molecule has 1 aliphatic rings. The fraction of sp³-hybridized carbons (Fsp3) is 0.385. The van der Waals surface area contributed by atoms with Crippen molar-refractivity contribution in [2.24, 2.45) is 0 Å². The number of nitrogens with one attached hydrogen (secondary N) is 1. The standard InChI is InChI=1S/C13H10F6N2O2/c14-12(15,16)10(22)20-8-5-1-3-7-4-2-6-21(9(7)8)11(23)13(17,18)19/h1,3,5H,2,4,6H2,(H,20,22). The molecule has 1 aromatic carbocycles. The molecular formula is C13H10F6N2O2. The monoisotopic (exact) mass is 340 g/mol. The Balaban J connectivity index is 2.44. The second-order valence-electron chi connectivity index (χ2n) is 4.82. The van der Waals surface area contributed by atoms with Gasteiger partial charge in [-0.1, -0.05) is 12.1 Å². The molecule has 0 spiro atoms. The predicted molar refractivity (Wildman–Crippen MR) is 67.9 cm³/mol.